The summed E-state index contributed by atoms with van der Waals surface area (Å²) < 4.78 is 6.01. The Hall–Kier alpha value is -3.55. The molecule has 0 unspecified atom stereocenters. The normalized spacial score (nSPS) is 12.1. The molecule has 8 heteroatoms. The van der Waals surface area contributed by atoms with Crippen LogP contribution in [-0.2, 0) is 17.8 Å². The molecule has 7 nitrogen and oxygen atoms in total. The highest BCUT2D eigenvalue weighted by atomic mass is 35.5. The Morgan fingerprint density at radius 1 is 0.944 bits per heavy atom. The first-order valence-electron chi connectivity index (χ1n) is 12.2. The van der Waals surface area contributed by atoms with Gasteiger partial charge in [0.15, 0.2) is 5.75 Å². The van der Waals surface area contributed by atoms with Gasteiger partial charge < -0.3 is 10.1 Å². The molecule has 0 saturated carbocycles. The zero-order valence-corrected chi connectivity index (χ0v) is 21.1. The Morgan fingerprint density at radius 2 is 1.81 bits per heavy atom. The maximum Gasteiger partial charge on any atom is 0.341 e. The van der Waals surface area contributed by atoms with Crippen LogP contribution in [-0.4, -0.2) is 25.0 Å². The predicted octanol–water partition coefficient (Wildman–Crippen LogP) is 5.50. The topological polar surface area (TPSA) is 82.7 Å². The Kier molecular flexibility index (Phi) is 8.81. The van der Waals surface area contributed by atoms with Gasteiger partial charge in [0.25, 0.3) is 0 Å². The van der Waals surface area contributed by atoms with Crippen LogP contribution >= 0.6 is 11.6 Å². The molecular formula is C28H31ClN4O3. The SMILES string of the molecule is Cc1cccc(CCNCCCCC(=O)NNC(=O)N2Cc3ccccc3Oc3ccc(Cl)cc32)c1. The fourth-order valence-corrected chi connectivity index (χ4v) is 4.26. The molecule has 3 amide bonds. The summed E-state index contributed by atoms with van der Waals surface area (Å²) in [5.41, 5.74) is 9.02. The van der Waals surface area contributed by atoms with Gasteiger partial charge >= 0.3 is 6.03 Å². The van der Waals surface area contributed by atoms with Gasteiger partial charge in [-0.05, 0) is 69.1 Å². The lowest BCUT2D eigenvalue weighted by Gasteiger charge is -2.22. The summed E-state index contributed by atoms with van der Waals surface area (Å²) in [6.07, 6.45) is 2.91. The molecule has 0 saturated heterocycles. The molecule has 36 heavy (non-hydrogen) atoms. The Bertz CT molecular complexity index is 1220. The third kappa shape index (κ3) is 6.99. The Labute approximate surface area is 216 Å². The third-order valence-electron chi connectivity index (χ3n) is 5.97. The van der Waals surface area contributed by atoms with Crippen LogP contribution in [0.1, 0.15) is 36.0 Å². The van der Waals surface area contributed by atoms with Crippen LogP contribution in [0.5, 0.6) is 11.5 Å². The molecule has 0 radical (unpaired) electrons. The lowest BCUT2D eigenvalue weighted by molar-refractivity contribution is -0.121. The van der Waals surface area contributed by atoms with Gasteiger partial charge in [-0.25, -0.2) is 10.2 Å². The number of rotatable bonds is 8. The summed E-state index contributed by atoms with van der Waals surface area (Å²) in [5, 5.41) is 3.90. The number of urea groups is 1. The number of carbonyl (C=O) groups is 2. The molecule has 0 atom stereocenters. The minimum atomic E-state index is -0.468. The number of anilines is 1. The smallest absolute Gasteiger partial charge is 0.341 e. The van der Waals surface area contributed by atoms with Crippen LogP contribution in [0, 0.1) is 6.92 Å². The summed E-state index contributed by atoms with van der Waals surface area (Å²) in [6, 6.07) is 20.7. The summed E-state index contributed by atoms with van der Waals surface area (Å²) in [4.78, 5) is 26.8. The first kappa shape index (κ1) is 25.5. The van der Waals surface area contributed by atoms with E-state index in [-0.39, 0.29) is 12.5 Å². The number of hydrogen-bond donors (Lipinski definition) is 3. The average molecular weight is 507 g/mol. The average Bonchev–Trinajstić information content (AvgIpc) is 3.03. The fraction of sp³-hybridized carbons (Fsp3) is 0.286. The Balaban J connectivity index is 1.21. The number of nitrogens with zero attached hydrogens (tertiary/aromatic N) is 1. The highest BCUT2D eigenvalue weighted by molar-refractivity contribution is 6.31. The quantitative estimate of drug-likeness (QED) is 0.278. The van der Waals surface area contributed by atoms with Crippen molar-refractivity contribution in [1.29, 1.82) is 0 Å². The molecule has 3 aromatic carbocycles. The molecule has 3 N–H and O–H groups in total. The van der Waals surface area contributed by atoms with Gasteiger partial charge in [-0.2, -0.15) is 0 Å². The number of benzene rings is 3. The number of ether oxygens (including phenoxy) is 1. The number of fused-ring (bicyclic) bond motifs is 2. The van der Waals surface area contributed by atoms with E-state index >= 15 is 0 Å². The van der Waals surface area contributed by atoms with Crippen molar-refractivity contribution < 1.29 is 14.3 Å². The third-order valence-corrected chi connectivity index (χ3v) is 6.20. The van der Waals surface area contributed by atoms with E-state index in [1.807, 2.05) is 24.3 Å². The van der Waals surface area contributed by atoms with E-state index in [4.69, 9.17) is 16.3 Å². The molecule has 188 valence electrons. The van der Waals surface area contributed by atoms with E-state index < -0.39 is 6.03 Å². The zero-order valence-electron chi connectivity index (χ0n) is 20.4. The van der Waals surface area contributed by atoms with E-state index in [9.17, 15) is 9.59 Å². The second kappa shape index (κ2) is 12.4. The molecule has 4 rings (SSSR count). The molecule has 0 fully saturated rings. The molecule has 3 aromatic rings. The van der Waals surface area contributed by atoms with Crippen LogP contribution in [0.4, 0.5) is 10.5 Å². The second-order valence-corrected chi connectivity index (χ2v) is 9.27. The van der Waals surface area contributed by atoms with E-state index in [1.54, 1.807) is 18.2 Å². The number of nitrogens with one attached hydrogen (secondary N) is 3. The van der Waals surface area contributed by atoms with Crippen molar-refractivity contribution in [3.05, 3.63) is 88.4 Å². The van der Waals surface area contributed by atoms with E-state index in [0.29, 0.717) is 28.6 Å². The number of unbranched alkanes of at least 4 members (excludes halogenated alkanes) is 1. The molecule has 0 bridgehead atoms. The predicted molar refractivity (Wildman–Crippen MR) is 142 cm³/mol. The number of aryl methyl sites for hydroxylation is 1. The van der Waals surface area contributed by atoms with Crippen molar-refractivity contribution in [1.82, 2.24) is 16.2 Å². The number of para-hydroxylation sites is 1. The molecule has 0 aliphatic carbocycles. The minimum Gasteiger partial charge on any atom is -0.455 e. The van der Waals surface area contributed by atoms with Crippen LogP contribution < -0.4 is 25.8 Å². The van der Waals surface area contributed by atoms with Gasteiger partial charge in [0.2, 0.25) is 5.91 Å². The van der Waals surface area contributed by atoms with Crippen molar-refractivity contribution in [2.75, 3.05) is 18.0 Å². The lowest BCUT2D eigenvalue weighted by Crippen LogP contribution is -2.48. The maximum atomic E-state index is 13.0. The molecule has 1 heterocycles. The number of halogens is 1. The van der Waals surface area contributed by atoms with Crippen molar-refractivity contribution in [3.63, 3.8) is 0 Å². The van der Waals surface area contributed by atoms with Crippen LogP contribution in [0.3, 0.4) is 0 Å². The van der Waals surface area contributed by atoms with Gasteiger partial charge in [-0.1, -0.05) is 59.6 Å². The van der Waals surface area contributed by atoms with Gasteiger partial charge in [0.05, 0.1) is 12.2 Å². The van der Waals surface area contributed by atoms with Gasteiger partial charge in [-0.15, -0.1) is 0 Å². The number of hydrogen-bond acceptors (Lipinski definition) is 4. The van der Waals surface area contributed by atoms with Gasteiger partial charge in [0, 0.05) is 17.0 Å². The van der Waals surface area contributed by atoms with Crippen molar-refractivity contribution >= 4 is 29.2 Å². The van der Waals surface area contributed by atoms with Crippen molar-refractivity contribution in [2.24, 2.45) is 0 Å². The standard InChI is InChI=1S/C28H31ClN4O3/c1-20-7-6-8-21(17-20)14-16-30-15-5-4-11-27(34)31-32-28(35)33-19-22-9-2-3-10-25(22)36-26-13-12-23(29)18-24(26)33/h2-3,6-10,12-13,17-18,30H,4-5,11,14-16,19H2,1H3,(H,31,34)(H,32,35). The minimum absolute atomic E-state index is 0.235. The molecular weight excluding hydrogens is 476 g/mol. The fourth-order valence-electron chi connectivity index (χ4n) is 4.09. The Morgan fingerprint density at radius 3 is 2.67 bits per heavy atom. The summed E-state index contributed by atoms with van der Waals surface area (Å²) >= 11 is 6.19. The monoisotopic (exact) mass is 506 g/mol. The van der Waals surface area contributed by atoms with E-state index in [1.165, 1.54) is 16.0 Å². The molecule has 0 spiro atoms. The van der Waals surface area contributed by atoms with Crippen molar-refractivity contribution in [2.45, 2.75) is 39.2 Å². The van der Waals surface area contributed by atoms with Gasteiger partial charge in [0.1, 0.15) is 5.75 Å². The molecule has 0 aromatic heterocycles. The van der Waals surface area contributed by atoms with E-state index in [0.717, 1.165) is 37.9 Å². The van der Waals surface area contributed by atoms with Crippen LogP contribution in [0.2, 0.25) is 5.02 Å². The lowest BCUT2D eigenvalue weighted by atomic mass is 10.1. The maximum absolute atomic E-state index is 13.0. The number of amides is 3. The molecule has 1 aliphatic rings. The summed E-state index contributed by atoms with van der Waals surface area (Å²) in [7, 11) is 0. The highest BCUT2D eigenvalue weighted by Crippen LogP contribution is 2.40. The number of carbonyl (C=O) groups excluding carboxylic acids is 2. The highest BCUT2D eigenvalue weighted by Gasteiger charge is 2.26. The summed E-state index contributed by atoms with van der Waals surface area (Å²) in [5.74, 6) is 0.953. The van der Waals surface area contributed by atoms with Crippen LogP contribution in [0.25, 0.3) is 0 Å². The first-order chi connectivity index (χ1) is 17.5. The van der Waals surface area contributed by atoms with E-state index in [2.05, 4.69) is 47.4 Å². The van der Waals surface area contributed by atoms with Crippen molar-refractivity contribution in [3.8, 4) is 11.5 Å². The van der Waals surface area contributed by atoms with Crippen LogP contribution in [0.15, 0.2) is 66.7 Å². The van der Waals surface area contributed by atoms with Gasteiger partial charge in [-0.3, -0.25) is 15.1 Å². The zero-order chi connectivity index (χ0) is 25.3. The molecule has 1 aliphatic heterocycles. The summed E-state index contributed by atoms with van der Waals surface area (Å²) in [6.45, 7) is 4.12. The number of hydrazine groups is 1. The largest absolute Gasteiger partial charge is 0.455 e. The first-order valence-corrected chi connectivity index (χ1v) is 12.6. The second-order valence-electron chi connectivity index (χ2n) is 8.83.